The van der Waals surface area contributed by atoms with Crippen LogP contribution in [0.25, 0.3) is 22.4 Å². The average molecular weight is 431 g/mol. The predicted molar refractivity (Wildman–Crippen MR) is 122 cm³/mol. The van der Waals surface area contributed by atoms with Crippen LogP contribution >= 0.6 is 34.4 Å². The minimum atomic E-state index is 0.0933. The van der Waals surface area contributed by atoms with Gasteiger partial charge in [0, 0.05) is 24.4 Å². The number of hydrogen-bond donors (Lipinski definition) is 1. The van der Waals surface area contributed by atoms with Crippen molar-refractivity contribution in [2.75, 3.05) is 5.75 Å². The van der Waals surface area contributed by atoms with Crippen molar-refractivity contribution in [1.82, 2.24) is 9.88 Å². The van der Waals surface area contributed by atoms with E-state index in [1.54, 1.807) is 22.7 Å². The first-order chi connectivity index (χ1) is 13.6. The zero-order chi connectivity index (χ0) is 19.7. The van der Waals surface area contributed by atoms with Gasteiger partial charge in [-0.25, -0.2) is 0 Å². The minimum Gasteiger partial charge on any atom is -0.377 e. The van der Waals surface area contributed by atoms with Crippen LogP contribution in [0.4, 0.5) is 0 Å². The lowest BCUT2D eigenvalue weighted by atomic mass is 10.3. The van der Waals surface area contributed by atoms with Gasteiger partial charge < -0.3 is 5.32 Å². The highest BCUT2D eigenvalue weighted by Gasteiger charge is 2.17. The lowest BCUT2D eigenvalue weighted by Gasteiger charge is -1.99. The molecule has 0 radical (unpaired) electrons. The standard InChI is InChI=1S/C21H23N3OS3/c1-4-23-15-8-6-7-9-16(15)27-19(23)12-20-24(5-2)21(25)17(28-20)10-11-18-22-14(3)13-26-18/h6-12,14H,4-5,13H2,1-3H3/p+1. The number of para-hydroxylation sites is 1. The van der Waals surface area contributed by atoms with Crippen LogP contribution in [0.3, 0.4) is 0 Å². The predicted octanol–water partition coefficient (Wildman–Crippen LogP) is 2.63. The van der Waals surface area contributed by atoms with Gasteiger partial charge in [-0.3, -0.25) is 9.36 Å². The van der Waals surface area contributed by atoms with E-state index in [0.29, 0.717) is 12.6 Å². The fourth-order valence-corrected chi connectivity index (χ4v) is 6.59. The third-order valence-electron chi connectivity index (χ3n) is 4.72. The molecule has 3 aromatic rings. The van der Waals surface area contributed by atoms with Gasteiger partial charge in [0.15, 0.2) is 0 Å². The maximum absolute atomic E-state index is 12.9. The minimum absolute atomic E-state index is 0.0933. The second-order valence-corrected chi connectivity index (χ2v) is 9.89. The Balaban J connectivity index is 1.84. The molecule has 1 atom stereocenters. The molecule has 1 saturated heterocycles. The first-order valence-electron chi connectivity index (χ1n) is 9.54. The van der Waals surface area contributed by atoms with Gasteiger partial charge in [0.25, 0.3) is 10.6 Å². The summed E-state index contributed by atoms with van der Waals surface area (Å²) in [6.07, 6.45) is 6.17. The largest absolute Gasteiger partial charge is 0.377 e. The number of benzene rings is 1. The molecule has 3 heterocycles. The Bertz CT molecular complexity index is 1220. The van der Waals surface area contributed by atoms with Crippen LogP contribution in [0.15, 0.2) is 40.2 Å². The van der Waals surface area contributed by atoms with Gasteiger partial charge in [-0.1, -0.05) is 23.5 Å². The Morgan fingerprint density at radius 2 is 2.07 bits per heavy atom. The molecule has 28 heavy (non-hydrogen) atoms. The number of thiazole rings is 2. The molecule has 1 aliphatic heterocycles. The van der Waals surface area contributed by atoms with Gasteiger partial charge in [0.1, 0.15) is 15.9 Å². The quantitative estimate of drug-likeness (QED) is 0.647. The molecule has 4 rings (SSSR count). The zero-order valence-corrected chi connectivity index (χ0v) is 18.7. The molecule has 0 aliphatic carbocycles. The van der Waals surface area contributed by atoms with Gasteiger partial charge in [0.05, 0.1) is 15.6 Å². The average Bonchev–Trinajstić information content (AvgIpc) is 3.35. The van der Waals surface area contributed by atoms with E-state index in [0.717, 1.165) is 26.5 Å². The van der Waals surface area contributed by atoms with Crippen LogP contribution in [-0.2, 0) is 13.1 Å². The summed E-state index contributed by atoms with van der Waals surface area (Å²) in [5.74, 6) is 1.07. The van der Waals surface area contributed by atoms with Crippen molar-refractivity contribution < 1.29 is 4.57 Å². The van der Waals surface area contributed by atoms with Crippen molar-refractivity contribution in [2.45, 2.75) is 39.9 Å². The Morgan fingerprint density at radius 1 is 1.25 bits per heavy atom. The number of aromatic nitrogens is 2. The first kappa shape index (κ1) is 19.5. The third-order valence-corrected chi connectivity index (χ3v) is 8.14. The molecule has 4 nitrogen and oxygen atoms in total. The number of fused-ring (bicyclic) bond motifs is 1. The third kappa shape index (κ3) is 3.71. The van der Waals surface area contributed by atoms with Gasteiger partial charge in [-0.15, -0.1) is 23.1 Å². The highest BCUT2D eigenvalue weighted by molar-refractivity contribution is 8.03. The summed E-state index contributed by atoms with van der Waals surface area (Å²) >= 11 is 5.15. The number of aryl methyl sites for hydroxylation is 1. The summed E-state index contributed by atoms with van der Waals surface area (Å²) < 4.78 is 7.25. The summed E-state index contributed by atoms with van der Waals surface area (Å²) in [5.41, 5.74) is 1.34. The van der Waals surface area contributed by atoms with Crippen LogP contribution in [0, 0.1) is 0 Å². The highest BCUT2D eigenvalue weighted by Crippen LogP contribution is 2.22. The van der Waals surface area contributed by atoms with Crippen molar-refractivity contribution in [3.05, 3.63) is 59.9 Å². The molecule has 0 saturated carbocycles. The van der Waals surface area contributed by atoms with Gasteiger partial charge in [-0.2, -0.15) is 4.57 Å². The summed E-state index contributed by atoms with van der Waals surface area (Å²) in [4.78, 5) is 12.9. The maximum Gasteiger partial charge on any atom is 0.269 e. The number of nitrogens with one attached hydrogen (secondary N) is 1. The maximum atomic E-state index is 12.9. The number of allylic oxidation sites excluding steroid dienone is 1. The fraction of sp³-hybridized carbons (Fsp3) is 0.333. The van der Waals surface area contributed by atoms with E-state index in [9.17, 15) is 4.79 Å². The van der Waals surface area contributed by atoms with E-state index < -0.39 is 0 Å². The van der Waals surface area contributed by atoms with Crippen molar-refractivity contribution >= 4 is 56.8 Å². The molecule has 7 heteroatoms. The Kier molecular flexibility index (Phi) is 5.75. The fourth-order valence-electron chi connectivity index (χ4n) is 3.34. The molecule has 2 aromatic heterocycles. The number of hydrogen-bond acceptors (Lipinski definition) is 5. The molecule has 1 unspecified atom stereocenters. The highest BCUT2D eigenvalue weighted by atomic mass is 32.2. The van der Waals surface area contributed by atoms with E-state index in [-0.39, 0.29) is 5.56 Å². The second-order valence-electron chi connectivity index (χ2n) is 6.70. The Hall–Kier alpha value is -1.83. The topological polar surface area (TPSA) is 37.9 Å². The lowest BCUT2D eigenvalue weighted by Crippen LogP contribution is -2.35. The van der Waals surface area contributed by atoms with E-state index in [1.165, 1.54) is 15.2 Å². The Morgan fingerprint density at radius 3 is 2.79 bits per heavy atom. The van der Waals surface area contributed by atoms with Crippen molar-refractivity contribution in [3.8, 4) is 0 Å². The summed E-state index contributed by atoms with van der Waals surface area (Å²) in [6, 6.07) is 8.96. The molecule has 1 fully saturated rings. The van der Waals surface area contributed by atoms with Crippen LogP contribution < -0.4 is 24.6 Å². The number of rotatable bonds is 4. The summed E-state index contributed by atoms with van der Waals surface area (Å²) in [5, 5.41) is 5.75. The van der Waals surface area contributed by atoms with Gasteiger partial charge in [0.2, 0.25) is 5.52 Å². The monoisotopic (exact) mass is 430 g/mol. The number of thioether (sulfide) groups is 1. The van der Waals surface area contributed by atoms with Crippen molar-refractivity contribution in [1.29, 1.82) is 0 Å². The van der Waals surface area contributed by atoms with E-state index in [2.05, 4.69) is 54.1 Å². The first-order valence-corrected chi connectivity index (χ1v) is 12.2. The van der Waals surface area contributed by atoms with Gasteiger partial charge in [-0.05, 0) is 39.0 Å². The van der Waals surface area contributed by atoms with E-state index in [4.69, 9.17) is 0 Å². The molecular formula is C21H24N3OS3+. The Labute approximate surface area is 176 Å². The molecule has 0 bridgehead atoms. The molecule has 0 spiro atoms. The molecule has 146 valence electrons. The smallest absolute Gasteiger partial charge is 0.269 e. The molecule has 0 amide bonds. The van der Waals surface area contributed by atoms with Crippen molar-refractivity contribution in [2.24, 2.45) is 0 Å². The molecule has 1 N–H and O–H groups in total. The normalized spacial score (nSPS) is 19.8. The molecule has 1 aromatic carbocycles. The van der Waals surface area contributed by atoms with Crippen LogP contribution in [0.5, 0.6) is 0 Å². The molecular weight excluding hydrogens is 406 g/mol. The van der Waals surface area contributed by atoms with Crippen LogP contribution in [0.2, 0.25) is 0 Å². The van der Waals surface area contributed by atoms with Gasteiger partial charge >= 0.3 is 0 Å². The zero-order valence-electron chi connectivity index (χ0n) is 16.3. The summed E-state index contributed by atoms with van der Waals surface area (Å²) in [6.45, 7) is 7.94. The van der Waals surface area contributed by atoms with Crippen LogP contribution in [0.1, 0.15) is 25.8 Å². The van der Waals surface area contributed by atoms with Crippen molar-refractivity contribution in [3.63, 3.8) is 0 Å². The van der Waals surface area contributed by atoms with E-state index in [1.807, 2.05) is 35.4 Å². The summed E-state index contributed by atoms with van der Waals surface area (Å²) in [7, 11) is 0. The second kappa shape index (κ2) is 8.27. The van der Waals surface area contributed by atoms with E-state index >= 15 is 0 Å². The SMILES string of the molecule is CCn1c(=O)c(=CC=C2NC(C)CS2)s/c1=C\c1sc2ccccc2[n+]1CC. The lowest BCUT2D eigenvalue weighted by molar-refractivity contribution is -0.665. The molecule has 1 aliphatic rings. The number of nitrogens with zero attached hydrogens (tertiary/aromatic N) is 2. The van der Waals surface area contributed by atoms with Crippen LogP contribution in [-0.4, -0.2) is 16.4 Å².